The second-order valence-electron chi connectivity index (χ2n) is 5.74. The molecule has 1 amide bonds. The minimum absolute atomic E-state index is 0.209. The normalized spacial score (nSPS) is 19.8. The molecular formula is C17H22ClNO6. The molecule has 138 valence electrons. The quantitative estimate of drug-likeness (QED) is 0.792. The molecule has 1 heterocycles. The minimum Gasteiger partial charge on any atom is -0.493 e. The fourth-order valence-corrected chi connectivity index (χ4v) is 3.05. The van der Waals surface area contributed by atoms with Crippen molar-refractivity contribution in [2.24, 2.45) is 0 Å². The molecular weight excluding hydrogens is 350 g/mol. The van der Waals surface area contributed by atoms with E-state index in [0.717, 1.165) is 6.42 Å². The standard InChI is InChI=1S/C17H22ClNO6/c1-4-5-25-15-12(18)6-10(7-14(15)24-3)16(20)19-9-11(23-2)8-13(19)17(21)22/h6-7,11,13H,4-5,8-9H2,1-3H3,(H,21,22). The molecule has 0 spiro atoms. The Morgan fingerprint density at radius 3 is 2.64 bits per heavy atom. The Morgan fingerprint density at radius 1 is 1.36 bits per heavy atom. The van der Waals surface area contributed by atoms with Crippen molar-refractivity contribution < 1.29 is 28.9 Å². The topological polar surface area (TPSA) is 85.3 Å². The molecule has 25 heavy (non-hydrogen) atoms. The Morgan fingerprint density at radius 2 is 2.08 bits per heavy atom. The van der Waals surface area contributed by atoms with Crippen molar-refractivity contribution in [1.82, 2.24) is 4.90 Å². The molecule has 1 aromatic carbocycles. The highest BCUT2D eigenvalue weighted by atomic mass is 35.5. The first-order valence-electron chi connectivity index (χ1n) is 7.99. The number of rotatable bonds is 7. The third-order valence-electron chi connectivity index (χ3n) is 4.07. The molecule has 1 fully saturated rings. The number of amides is 1. The summed E-state index contributed by atoms with van der Waals surface area (Å²) in [6.07, 6.45) is 0.738. The van der Waals surface area contributed by atoms with Crippen LogP contribution in [0.15, 0.2) is 12.1 Å². The van der Waals surface area contributed by atoms with Crippen molar-refractivity contribution >= 4 is 23.5 Å². The molecule has 7 nitrogen and oxygen atoms in total. The largest absolute Gasteiger partial charge is 0.493 e. The summed E-state index contributed by atoms with van der Waals surface area (Å²) in [6.45, 7) is 2.64. The van der Waals surface area contributed by atoms with E-state index >= 15 is 0 Å². The number of carbonyl (C=O) groups excluding carboxylic acids is 1. The fourth-order valence-electron chi connectivity index (χ4n) is 2.78. The molecule has 1 N–H and O–H groups in total. The number of hydrogen-bond donors (Lipinski definition) is 1. The van der Waals surface area contributed by atoms with Gasteiger partial charge in [-0.15, -0.1) is 0 Å². The molecule has 1 aliphatic heterocycles. The highest BCUT2D eigenvalue weighted by Gasteiger charge is 2.40. The van der Waals surface area contributed by atoms with Crippen LogP contribution in [0.4, 0.5) is 0 Å². The van der Waals surface area contributed by atoms with Gasteiger partial charge in [0, 0.05) is 25.6 Å². The number of carbonyl (C=O) groups is 2. The van der Waals surface area contributed by atoms with Crippen molar-refractivity contribution in [3.05, 3.63) is 22.7 Å². The van der Waals surface area contributed by atoms with Crippen molar-refractivity contribution in [1.29, 1.82) is 0 Å². The first-order chi connectivity index (χ1) is 11.9. The van der Waals surface area contributed by atoms with E-state index in [1.807, 2.05) is 6.92 Å². The number of halogens is 1. The van der Waals surface area contributed by atoms with Gasteiger partial charge in [-0.05, 0) is 18.6 Å². The Kier molecular flexibility index (Phi) is 6.50. The molecule has 0 radical (unpaired) electrons. The molecule has 0 aliphatic carbocycles. The average Bonchev–Trinajstić information content (AvgIpc) is 3.04. The van der Waals surface area contributed by atoms with Gasteiger partial charge in [0.1, 0.15) is 6.04 Å². The van der Waals surface area contributed by atoms with E-state index in [0.29, 0.717) is 18.1 Å². The Bertz CT molecular complexity index is 650. The van der Waals surface area contributed by atoms with Gasteiger partial charge in [0.2, 0.25) is 0 Å². The zero-order chi connectivity index (χ0) is 18.6. The average molecular weight is 372 g/mol. The number of nitrogens with zero attached hydrogens (tertiary/aromatic N) is 1. The zero-order valence-corrected chi connectivity index (χ0v) is 15.2. The molecule has 1 saturated heterocycles. The molecule has 2 unspecified atom stereocenters. The number of methoxy groups -OCH3 is 2. The van der Waals surface area contributed by atoms with E-state index < -0.39 is 17.9 Å². The predicted octanol–water partition coefficient (Wildman–Crippen LogP) is 2.45. The number of carboxylic acids is 1. The summed E-state index contributed by atoms with van der Waals surface area (Å²) in [7, 11) is 2.95. The third-order valence-corrected chi connectivity index (χ3v) is 4.35. The Balaban J connectivity index is 2.32. The fraction of sp³-hybridized carbons (Fsp3) is 0.529. The third kappa shape index (κ3) is 4.16. The summed E-state index contributed by atoms with van der Waals surface area (Å²) in [5.74, 6) is -0.796. The van der Waals surface area contributed by atoms with Gasteiger partial charge in [0.05, 0.1) is 24.8 Å². The van der Waals surface area contributed by atoms with Crippen LogP contribution in [0.25, 0.3) is 0 Å². The summed E-state index contributed by atoms with van der Waals surface area (Å²) in [4.78, 5) is 25.6. The van der Waals surface area contributed by atoms with Gasteiger partial charge in [0.25, 0.3) is 5.91 Å². The second-order valence-corrected chi connectivity index (χ2v) is 6.15. The molecule has 1 aliphatic rings. The van der Waals surface area contributed by atoms with Crippen molar-refractivity contribution in [2.45, 2.75) is 31.9 Å². The monoisotopic (exact) mass is 371 g/mol. The molecule has 0 bridgehead atoms. The van der Waals surface area contributed by atoms with Crippen LogP contribution in [0.5, 0.6) is 11.5 Å². The van der Waals surface area contributed by atoms with Gasteiger partial charge >= 0.3 is 5.97 Å². The van der Waals surface area contributed by atoms with Gasteiger partial charge in [-0.3, -0.25) is 4.79 Å². The van der Waals surface area contributed by atoms with E-state index in [-0.39, 0.29) is 29.7 Å². The van der Waals surface area contributed by atoms with Crippen LogP contribution in [-0.4, -0.2) is 61.4 Å². The number of carboxylic acid groups (broad SMARTS) is 1. The maximum atomic E-state index is 12.8. The molecule has 8 heteroatoms. The smallest absolute Gasteiger partial charge is 0.326 e. The highest BCUT2D eigenvalue weighted by molar-refractivity contribution is 6.32. The molecule has 0 saturated carbocycles. The van der Waals surface area contributed by atoms with Gasteiger partial charge in [-0.1, -0.05) is 18.5 Å². The van der Waals surface area contributed by atoms with Crippen molar-refractivity contribution in [2.75, 3.05) is 27.4 Å². The van der Waals surface area contributed by atoms with Gasteiger partial charge < -0.3 is 24.2 Å². The van der Waals surface area contributed by atoms with Crippen LogP contribution in [0.3, 0.4) is 0 Å². The van der Waals surface area contributed by atoms with Crippen LogP contribution in [0.2, 0.25) is 5.02 Å². The number of aliphatic carboxylic acids is 1. The number of likely N-dealkylation sites (tertiary alicyclic amines) is 1. The van der Waals surface area contributed by atoms with E-state index in [1.54, 1.807) is 0 Å². The van der Waals surface area contributed by atoms with Crippen LogP contribution in [-0.2, 0) is 9.53 Å². The van der Waals surface area contributed by atoms with Gasteiger partial charge in [0.15, 0.2) is 11.5 Å². The number of ether oxygens (including phenoxy) is 3. The molecule has 2 rings (SSSR count). The van der Waals surface area contributed by atoms with E-state index in [9.17, 15) is 14.7 Å². The first kappa shape index (κ1) is 19.3. The first-order valence-corrected chi connectivity index (χ1v) is 8.37. The number of benzene rings is 1. The lowest BCUT2D eigenvalue weighted by molar-refractivity contribution is -0.141. The Hall–Kier alpha value is -1.99. The van der Waals surface area contributed by atoms with E-state index in [2.05, 4.69) is 0 Å². The molecule has 0 aromatic heterocycles. The maximum absolute atomic E-state index is 12.8. The Labute approximate surface area is 151 Å². The van der Waals surface area contributed by atoms with Crippen LogP contribution >= 0.6 is 11.6 Å². The molecule has 1 aromatic rings. The summed E-state index contributed by atoms with van der Waals surface area (Å²) in [5.41, 5.74) is 0.244. The lowest BCUT2D eigenvalue weighted by atomic mass is 10.1. The minimum atomic E-state index is -1.06. The van der Waals surface area contributed by atoms with E-state index in [4.69, 9.17) is 25.8 Å². The number of hydrogen-bond acceptors (Lipinski definition) is 5. The lowest BCUT2D eigenvalue weighted by Crippen LogP contribution is -2.40. The van der Waals surface area contributed by atoms with Crippen molar-refractivity contribution in [3.8, 4) is 11.5 Å². The van der Waals surface area contributed by atoms with Crippen LogP contribution in [0, 0.1) is 0 Å². The van der Waals surface area contributed by atoms with E-state index in [1.165, 1.54) is 31.3 Å². The van der Waals surface area contributed by atoms with Crippen LogP contribution in [0.1, 0.15) is 30.1 Å². The second kappa shape index (κ2) is 8.40. The van der Waals surface area contributed by atoms with Gasteiger partial charge in [-0.25, -0.2) is 4.79 Å². The van der Waals surface area contributed by atoms with Crippen molar-refractivity contribution in [3.63, 3.8) is 0 Å². The predicted molar refractivity (Wildman–Crippen MR) is 91.7 cm³/mol. The summed E-state index contributed by atoms with van der Waals surface area (Å²) in [5, 5.41) is 9.61. The van der Waals surface area contributed by atoms with Crippen LogP contribution < -0.4 is 9.47 Å². The lowest BCUT2D eigenvalue weighted by Gasteiger charge is -2.22. The van der Waals surface area contributed by atoms with Gasteiger partial charge in [-0.2, -0.15) is 0 Å². The summed E-state index contributed by atoms with van der Waals surface area (Å²) in [6, 6.07) is 2.05. The summed E-state index contributed by atoms with van der Waals surface area (Å²) < 4.78 is 16.0. The molecule has 2 atom stereocenters. The SMILES string of the molecule is CCCOc1c(Cl)cc(C(=O)N2CC(OC)CC2C(=O)O)cc1OC. The zero-order valence-electron chi connectivity index (χ0n) is 14.5. The summed E-state index contributed by atoms with van der Waals surface area (Å²) >= 11 is 6.24. The highest BCUT2D eigenvalue weighted by Crippen LogP contribution is 2.37. The maximum Gasteiger partial charge on any atom is 0.326 e.